The molecule has 0 aliphatic carbocycles. The van der Waals surface area contributed by atoms with Gasteiger partial charge in [-0.15, -0.1) is 0 Å². The zero-order valence-electron chi connectivity index (χ0n) is 8.68. The van der Waals surface area contributed by atoms with E-state index in [0.717, 1.165) is 32.5 Å². The highest BCUT2D eigenvalue weighted by Crippen LogP contribution is 2.14. The Kier molecular flexibility index (Phi) is 4.06. The van der Waals surface area contributed by atoms with Gasteiger partial charge in [-0.25, -0.2) is 4.79 Å². The number of rotatable bonds is 2. The molecule has 0 unspecified atom stereocenters. The molecule has 0 radical (unpaired) electrons. The zero-order chi connectivity index (χ0) is 9.68. The van der Waals surface area contributed by atoms with Crippen molar-refractivity contribution in [1.82, 2.24) is 10.2 Å². The molecule has 0 spiro atoms. The van der Waals surface area contributed by atoms with E-state index in [1.165, 1.54) is 6.42 Å². The highest BCUT2D eigenvalue weighted by Gasteiger charge is 2.19. The fourth-order valence-electron chi connectivity index (χ4n) is 1.72. The van der Waals surface area contributed by atoms with Crippen molar-refractivity contribution in [2.45, 2.75) is 33.1 Å². The second-order valence-corrected chi connectivity index (χ2v) is 3.93. The molecule has 2 amide bonds. The minimum absolute atomic E-state index is 0.119. The molecule has 1 aliphatic heterocycles. The minimum atomic E-state index is 0.119. The van der Waals surface area contributed by atoms with Crippen molar-refractivity contribution in [2.75, 3.05) is 19.6 Å². The first-order valence-electron chi connectivity index (χ1n) is 5.26. The Labute approximate surface area is 80.5 Å². The van der Waals surface area contributed by atoms with Crippen molar-refractivity contribution in [3.63, 3.8) is 0 Å². The minimum Gasteiger partial charge on any atom is -0.338 e. The van der Waals surface area contributed by atoms with E-state index in [4.69, 9.17) is 0 Å². The van der Waals surface area contributed by atoms with Gasteiger partial charge < -0.3 is 10.2 Å². The molecule has 13 heavy (non-hydrogen) atoms. The summed E-state index contributed by atoms with van der Waals surface area (Å²) in [6, 6.07) is 0.119. The zero-order valence-corrected chi connectivity index (χ0v) is 8.68. The molecule has 1 heterocycles. The van der Waals surface area contributed by atoms with Gasteiger partial charge in [0.05, 0.1) is 0 Å². The summed E-state index contributed by atoms with van der Waals surface area (Å²) in [5, 5.41) is 2.91. The van der Waals surface area contributed by atoms with E-state index < -0.39 is 0 Å². The smallest absolute Gasteiger partial charge is 0.317 e. The molecule has 3 heteroatoms. The van der Waals surface area contributed by atoms with Gasteiger partial charge in [-0.2, -0.15) is 0 Å². The molecule has 1 saturated heterocycles. The summed E-state index contributed by atoms with van der Waals surface area (Å²) >= 11 is 0. The number of amides is 2. The third-order valence-corrected chi connectivity index (χ3v) is 2.47. The van der Waals surface area contributed by atoms with Crippen LogP contribution < -0.4 is 5.32 Å². The van der Waals surface area contributed by atoms with Crippen LogP contribution >= 0.6 is 0 Å². The third-order valence-electron chi connectivity index (χ3n) is 2.47. The number of hydrogen-bond acceptors (Lipinski definition) is 1. The molecular formula is C10H20N2O. The Balaban J connectivity index is 2.28. The average molecular weight is 184 g/mol. The number of hydrogen-bond donors (Lipinski definition) is 1. The van der Waals surface area contributed by atoms with Gasteiger partial charge in [0.15, 0.2) is 0 Å². The van der Waals surface area contributed by atoms with Crippen LogP contribution in [0.25, 0.3) is 0 Å². The van der Waals surface area contributed by atoms with Gasteiger partial charge in [-0.1, -0.05) is 13.8 Å². The number of piperidine rings is 1. The van der Waals surface area contributed by atoms with Crippen LogP contribution in [0.15, 0.2) is 0 Å². The molecule has 1 fully saturated rings. The van der Waals surface area contributed by atoms with Crippen molar-refractivity contribution < 1.29 is 4.79 Å². The van der Waals surface area contributed by atoms with E-state index in [-0.39, 0.29) is 6.03 Å². The summed E-state index contributed by atoms with van der Waals surface area (Å²) in [5.74, 6) is 0.668. The Morgan fingerprint density at radius 1 is 1.62 bits per heavy atom. The molecular weight excluding hydrogens is 164 g/mol. The maximum absolute atomic E-state index is 11.5. The second-order valence-electron chi connectivity index (χ2n) is 3.93. The number of carbonyl (C=O) groups excluding carboxylic acids is 1. The average Bonchev–Trinajstić information content (AvgIpc) is 2.14. The van der Waals surface area contributed by atoms with Crippen molar-refractivity contribution >= 4 is 6.03 Å². The Bertz CT molecular complexity index is 170. The fourth-order valence-corrected chi connectivity index (χ4v) is 1.72. The maximum atomic E-state index is 11.5. The van der Waals surface area contributed by atoms with Crippen molar-refractivity contribution in [1.29, 1.82) is 0 Å². The lowest BCUT2D eigenvalue weighted by molar-refractivity contribution is 0.170. The summed E-state index contributed by atoms with van der Waals surface area (Å²) in [6.07, 6.45) is 3.42. The van der Waals surface area contributed by atoms with E-state index in [1.54, 1.807) is 0 Å². The summed E-state index contributed by atoms with van der Waals surface area (Å²) in [5.41, 5.74) is 0. The fraction of sp³-hybridized carbons (Fsp3) is 0.900. The number of nitrogens with one attached hydrogen (secondary N) is 1. The number of carbonyl (C=O) groups is 1. The highest BCUT2D eigenvalue weighted by atomic mass is 16.2. The molecule has 0 aromatic carbocycles. The van der Waals surface area contributed by atoms with Gasteiger partial charge in [0, 0.05) is 19.6 Å². The van der Waals surface area contributed by atoms with Crippen LogP contribution in [0.1, 0.15) is 33.1 Å². The first-order valence-corrected chi connectivity index (χ1v) is 5.26. The van der Waals surface area contributed by atoms with Gasteiger partial charge in [0.25, 0.3) is 0 Å². The van der Waals surface area contributed by atoms with Gasteiger partial charge in [-0.05, 0) is 25.2 Å². The SMILES string of the molecule is CCCNC(=O)N1CCC[C@H](C)C1. The summed E-state index contributed by atoms with van der Waals surface area (Å²) in [7, 11) is 0. The predicted octanol–water partition coefficient (Wildman–Crippen LogP) is 1.84. The van der Waals surface area contributed by atoms with E-state index in [9.17, 15) is 4.79 Å². The number of nitrogens with zero attached hydrogens (tertiary/aromatic N) is 1. The van der Waals surface area contributed by atoms with E-state index in [0.29, 0.717) is 5.92 Å². The summed E-state index contributed by atoms with van der Waals surface area (Å²) in [6.45, 7) is 6.93. The van der Waals surface area contributed by atoms with Gasteiger partial charge in [0.1, 0.15) is 0 Å². The highest BCUT2D eigenvalue weighted by molar-refractivity contribution is 5.74. The third kappa shape index (κ3) is 3.25. The van der Waals surface area contributed by atoms with E-state index in [2.05, 4.69) is 19.2 Å². The van der Waals surface area contributed by atoms with Crippen LogP contribution in [0.3, 0.4) is 0 Å². The quantitative estimate of drug-likeness (QED) is 0.697. The van der Waals surface area contributed by atoms with Crippen LogP contribution in [0, 0.1) is 5.92 Å². The standard InChI is InChI=1S/C10H20N2O/c1-3-6-11-10(13)12-7-4-5-9(2)8-12/h9H,3-8H2,1-2H3,(H,11,13)/t9-/m0/s1. The molecule has 0 aromatic rings. The molecule has 3 nitrogen and oxygen atoms in total. The summed E-state index contributed by atoms with van der Waals surface area (Å²) < 4.78 is 0. The molecule has 76 valence electrons. The van der Waals surface area contributed by atoms with E-state index in [1.807, 2.05) is 4.90 Å². The van der Waals surface area contributed by atoms with Gasteiger partial charge in [-0.3, -0.25) is 0 Å². The lowest BCUT2D eigenvalue weighted by Crippen LogP contribution is -2.45. The van der Waals surface area contributed by atoms with Crippen molar-refractivity contribution in [2.24, 2.45) is 5.92 Å². The van der Waals surface area contributed by atoms with Crippen LogP contribution in [-0.2, 0) is 0 Å². The van der Waals surface area contributed by atoms with Crippen LogP contribution in [0.2, 0.25) is 0 Å². The maximum Gasteiger partial charge on any atom is 0.317 e. The number of urea groups is 1. The molecule has 1 atom stereocenters. The van der Waals surface area contributed by atoms with Gasteiger partial charge in [0.2, 0.25) is 0 Å². The normalized spacial score (nSPS) is 22.9. The first-order chi connectivity index (χ1) is 6.24. The summed E-state index contributed by atoms with van der Waals surface area (Å²) in [4.78, 5) is 13.5. The molecule has 1 N–H and O–H groups in total. The molecule has 0 aromatic heterocycles. The van der Waals surface area contributed by atoms with Crippen LogP contribution in [0.5, 0.6) is 0 Å². The monoisotopic (exact) mass is 184 g/mol. The second kappa shape index (κ2) is 5.10. The van der Waals surface area contributed by atoms with Crippen molar-refractivity contribution in [3.05, 3.63) is 0 Å². The number of likely N-dealkylation sites (tertiary alicyclic amines) is 1. The Morgan fingerprint density at radius 3 is 3.00 bits per heavy atom. The Morgan fingerprint density at radius 2 is 2.38 bits per heavy atom. The van der Waals surface area contributed by atoms with Crippen LogP contribution in [-0.4, -0.2) is 30.6 Å². The Hall–Kier alpha value is -0.730. The van der Waals surface area contributed by atoms with Gasteiger partial charge >= 0.3 is 6.03 Å². The predicted molar refractivity (Wildman–Crippen MR) is 53.7 cm³/mol. The molecule has 1 aliphatic rings. The van der Waals surface area contributed by atoms with Crippen LogP contribution in [0.4, 0.5) is 4.79 Å². The molecule has 1 rings (SSSR count). The largest absolute Gasteiger partial charge is 0.338 e. The lowest BCUT2D eigenvalue weighted by Gasteiger charge is -2.30. The van der Waals surface area contributed by atoms with E-state index >= 15 is 0 Å². The van der Waals surface area contributed by atoms with Crippen molar-refractivity contribution in [3.8, 4) is 0 Å². The first kappa shape index (κ1) is 10.4. The lowest BCUT2D eigenvalue weighted by atomic mass is 10.0. The molecule has 0 saturated carbocycles. The topological polar surface area (TPSA) is 32.3 Å². The molecule has 0 bridgehead atoms.